The Kier molecular flexibility index (Phi) is 4.22. The van der Waals surface area contributed by atoms with Crippen molar-refractivity contribution in [3.63, 3.8) is 0 Å². The van der Waals surface area contributed by atoms with Gasteiger partial charge in [0.2, 0.25) is 0 Å². The highest BCUT2D eigenvalue weighted by atomic mass is 79.9. The summed E-state index contributed by atoms with van der Waals surface area (Å²) in [6, 6.07) is 26.0. The summed E-state index contributed by atoms with van der Waals surface area (Å²) in [5.41, 5.74) is 5.43. The Morgan fingerprint density at radius 2 is 1.68 bits per heavy atom. The molecule has 5 heteroatoms. The fraction of sp³-hybridized carbons (Fsp3) is 0. The summed E-state index contributed by atoms with van der Waals surface area (Å²) in [6.07, 6.45) is 1.86. The lowest BCUT2D eigenvalue weighted by Gasteiger charge is -2.04. The van der Waals surface area contributed by atoms with E-state index in [0.29, 0.717) is 0 Å². The summed E-state index contributed by atoms with van der Waals surface area (Å²) < 4.78 is 1.01. The van der Waals surface area contributed by atoms with Gasteiger partial charge in [-0.25, -0.2) is 9.97 Å². The van der Waals surface area contributed by atoms with E-state index in [1.54, 1.807) is 0 Å². The van der Waals surface area contributed by atoms with Crippen LogP contribution >= 0.6 is 15.9 Å². The molecule has 0 amide bonds. The van der Waals surface area contributed by atoms with Crippen LogP contribution in [-0.2, 0) is 0 Å². The molecule has 0 aliphatic rings. The molecular weight excluding hydrogens is 412 g/mol. The number of hydrogen-bond donors (Lipinski definition) is 1. The van der Waals surface area contributed by atoms with Crippen LogP contribution in [0.5, 0.6) is 0 Å². The molecule has 134 valence electrons. The van der Waals surface area contributed by atoms with Crippen LogP contribution in [0.3, 0.4) is 0 Å². The average Bonchev–Trinajstić information content (AvgIpc) is 3.17. The zero-order chi connectivity index (χ0) is 18.9. The number of aromatic amines is 1. The standard InChI is InChI=1S/C23H15BrN4/c24-17-8-2-1-6-16(17)14-25-20-11-5-7-15-12-13-21(26-22(15)20)23-27-18-9-3-4-10-19(18)28-23/h1-14H,(H,27,28). The maximum atomic E-state index is 4.86. The maximum Gasteiger partial charge on any atom is 0.157 e. The Bertz CT molecular complexity index is 1300. The van der Waals surface area contributed by atoms with E-state index in [0.717, 1.165) is 49.2 Å². The summed E-state index contributed by atoms with van der Waals surface area (Å²) in [5.74, 6) is 0.757. The smallest absolute Gasteiger partial charge is 0.157 e. The summed E-state index contributed by atoms with van der Waals surface area (Å²) in [6.45, 7) is 0. The molecule has 0 unspecified atom stereocenters. The minimum Gasteiger partial charge on any atom is -0.337 e. The number of pyridine rings is 1. The number of nitrogens with zero attached hydrogens (tertiary/aromatic N) is 3. The van der Waals surface area contributed by atoms with Crippen molar-refractivity contribution >= 4 is 49.8 Å². The Labute approximate surface area is 170 Å². The fourth-order valence-corrected chi connectivity index (χ4v) is 3.55. The van der Waals surface area contributed by atoms with E-state index < -0.39 is 0 Å². The normalized spacial score (nSPS) is 11.6. The summed E-state index contributed by atoms with van der Waals surface area (Å²) in [7, 11) is 0. The van der Waals surface area contributed by atoms with Gasteiger partial charge in [-0.05, 0) is 30.3 Å². The van der Waals surface area contributed by atoms with Gasteiger partial charge in [0.1, 0.15) is 5.69 Å². The number of rotatable bonds is 3. The number of benzene rings is 3. The second-order valence-electron chi connectivity index (χ2n) is 6.43. The Morgan fingerprint density at radius 3 is 2.57 bits per heavy atom. The molecule has 0 spiro atoms. The number of nitrogens with one attached hydrogen (secondary N) is 1. The van der Waals surface area contributed by atoms with Crippen molar-refractivity contribution in [2.45, 2.75) is 0 Å². The van der Waals surface area contributed by atoms with Gasteiger partial charge < -0.3 is 4.98 Å². The number of halogens is 1. The molecule has 0 radical (unpaired) electrons. The first-order valence-corrected chi connectivity index (χ1v) is 9.71. The molecule has 0 aliphatic heterocycles. The third kappa shape index (κ3) is 3.10. The van der Waals surface area contributed by atoms with E-state index in [2.05, 4.69) is 32.0 Å². The molecule has 2 aromatic heterocycles. The SMILES string of the molecule is Brc1ccccc1C=Nc1cccc2ccc(-c3nc4ccccc4[nH]3)nc12. The zero-order valence-corrected chi connectivity index (χ0v) is 16.4. The molecule has 0 atom stereocenters. The molecule has 0 aliphatic carbocycles. The van der Waals surface area contributed by atoms with Gasteiger partial charge in [0.25, 0.3) is 0 Å². The van der Waals surface area contributed by atoms with Crippen molar-refractivity contribution in [1.29, 1.82) is 0 Å². The van der Waals surface area contributed by atoms with Gasteiger partial charge >= 0.3 is 0 Å². The molecule has 5 aromatic rings. The maximum absolute atomic E-state index is 4.86. The van der Waals surface area contributed by atoms with E-state index in [1.807, 2.05) is 79.0 Å². The van der Waals surface area contributed by atoms with Gasteiger partial charge in [0, 0.05) is 21.6 Å². The van der Waals surface area contributed by atoms with Crippen LogP contribution < -0.4 is 0 Å². The molecule has 2 heterocycles. The molecular formula is C23H15BrN4. The number of hydrogen-bond acceptors (Lipinski definition) is 3. The highest BCUT2D eigenvalue weighted by Gasteiger charge is 2.09. The van der Waals surface area contributed by atoms with Gasteiger partial charge in [-0.2, -0.15) is 0 Å². The van der Waals surface area contributed by atoms with Crippen LogP contribution in [-0.4, -0.2) is 21.2 Å². The van der Waals surface area contributed by atoms with Crippen molar-refractivity contribution in [3.05, 3.63) is 88.9 Å². The van der Waals surface area contributed by atoms with E-state index in [-0.39, 0.29) is 0 Å². The number of para-hydroxylation sites is 3. The molecule has 5 rings (SSSR count). The lowest BCUT2D eigenvalue weighted by molar-refractivity contribution is 1.27. The number of imidazole rings is 1. The molecule has 0 bridgehead atoms. The first-order chi connectivity index (χ1) is 13.8. The number of fused-ring (bicyclic) bond motifs is 2. The van der Waals surface area contributed by atoms with E-state index in [1.165, 1.54) is 0 Å². The first kappa shape index (κ1) is 16.8. The summed E-state index contributed by atoms with van der Waals surface area (Å²) >= 11 is 3.56. The average molecular weight is 427 g/mol. The first-order valence-electron chi connectivity index (χ1n) is 8.91. The van der Waals surface area contributed by atoms with Crippen molar-refractivity contribution in [2.24, 2.45) is 4.99 Å². The van der Waals surface area contributed by atoms with Gasteiger partial charge in [-0.15, -0.1) is 0 Å². The molecule has 1 N–H and O–H groups in total. The Balaban J connectivity index is 1.61. The van der Waals surface area contributed by atoms with Crippen LogP contribution in [0.4, 0.5) is 5.69 Å². The minimum absolute atomic E-state index is 0.757. The second-order valence-corrected chi connectivity index (χ2v) is 7.28. The highest BCUT2D eigenvalue weighted by molar-refractivity contribution is 9.10. The molecule has 4 nitrogen and oxygen atoms in total. The van der Waals surface area contributed by atoms with E-state index >= 15 is 0 Å². The van der Waals surface area contributed by atoms with Crippen LogP contribution in [0, 0.1) is 0 Å². The van der Waals surface area contributed by atoms with Gasteiger partial charge in [-0.3, -0.25) is 4.99 Å². The Hall–Kier alpha value is -3.31. The monoisotopic (exact) mass is 426 g/mol. The van der Waals surface area contributed by atoms with Crippen molar-refractivity contribution in [3.8, 4) is 11.5 Å². The molecule has 0 saturated carbocycles. The quantitative estimate of drug-likeness (QED) is 0.344. The molecule has 0 fully saturated rings. The van der Waals surface area contributed by atoms with E-state index in [4.69, 9.17) is 9.98 Å². The molecule has 0 saturated heterocycles. The Morgan fingerprint density at radius 1 is 0.821 bits per heavy atom. The summed E-state index contributed by atoms with van der Waals surface area (Å²) in [5, 5.41) is 1.04. The zero-order valence-electron chi connectivity index (χ0n) is 14.8. The number of aromatic nitrogens is 3. The van der Waals surface area contributed by atoms with Gasteiger partial charge in [0.05, 0.1) is 22.2 Å². The minimum atomic E-state index is 0.757. The van der Waals surface area contributed by atoms with Crippen molar-refractivity contribution in [2.75, 3.05) is 0 Å². The van der Waals surface area contributed by atoms with Crippen molar-refractivity contribution in [1.82, 2.24) is 15.0 Å². The molecule has 28 heavy (non-hydrogen) atoms. The van der Waals surface area contributed by atoms with Crippen LogP contribution in [0.15, 0.2) is 88.3 Å². The third-order valence-electron chi connectivity index (χ3n) is 4.58. The molecule has 3 aromatic carbocycles. The topological polar surface area (TPSA) is 53.9 Å². The number of aliphatic imine (C=N–C) groups is 1. The third-order valence-corrected chi connectivity index (χ3v) is 5.30. The largest absolute Gasteiger partial charge is 0.337 e. The summed E-state index contributed by atoms with van der Waals surface area (Å²) in [4.78, 5) is 17.6. The number of H-pyrrole nitrogens is 1. The van der Waals surface area contributed by atoms with E-state index in [9.17, 15) is 0 Å². The predicted molar refractivity (Wildman–Crippen MR) is 118 cm³/mol. The predicted octanol–water partition coefficient (Wildman–Crippen LogP) is 6.29. The van der Waals surface area contributed by atoms with Crippen molar-refractivity contribution < 1.29 is 0 Å². The van der Waals surface area contributed by atoms with Crippen LogP contribution in [0.1, 0.15) is 5.56 Å². The lowest BCUT2D eigenvalue weighted by Crippen LogP contribution is -1.88. The highest BCUT2D eigenvalue weighted by Crippen LogP contribution is 2.28. The van der Waals surface area contributed by atoms with Gasteiger partial charge in [0.15, 0.2) is 5.82 Å². The van der Waals surface area contributed by atoms with Gasteiger partial charge in [-0.1, -0.05) is 64.5 Å². The van der Waals surface area contributed by atoms with Crippen LogP contribution in [0.25, 0.3) is 33.5 Å². The second kappa shape index (κ2) is 7.02. The lowest BCUT2D eigenvalue weighted by atomic mass is 10.1. The van der Waals surface area contributed by atoms with Crippen LogP contribution in [0.2, 0.25) is 0 Å². The fourth-order valence-electron chi connectivity index (χ4n) is 3.16.